The predicted octanol–water partition coefficient (Wildman–Crippen LogP) is 3.81. The third-order valence-electron chi connectivity index (χ3n) is 4.52. The first-order valence-corrected chi connectivity index (χ1v) is 11.5. The first-order valence-electron chi connectivity index (χ1n) is 9.10. The number of benzene rings is 2. The molecule has 1 amide bonds. The van der Waals surface area contributed by atoms with E-state index in [2.05, 4.69) is 9.71 Å². The number of rotatable bonds is 5. The highest BCUT2D eigenvalue weighted by atomic mass is 32.2. The number of para-hydroxylation sites is 2. The second-order valence-corrected chi connectivity index (χ2v) is 8.88. The molecule has 0 radical (unpaired) electrons. The first-order chi connectivity index (χ1) is 13.4. The maximum Gasteiger partial charge on any atom is 0.286 e. The van der Waals surface area contributed by atoms with Gasteiger partial charge in [-0.1, -0.05) is 49.0 Å². The molecule has 2 aromatic carbocycles. The molecular weight excluding hydrogens is 394 g/mol. The molecule has 0 aliphatic carbocycles. The van der Waals surface area contributed by atoms with Gasteiger partial charge >= 0.3 is 0 Å². The van der Waals surface area contributed by atoms with E-state index in [0.29, 0.717) is 17.4 Å². The van der Waals surface area contributed by atoms with Crippen LogP contribution in [0.2, 0.25) is 0 Å². The lowest BCUT2D eigenvalue weighted by Crippen LogP contribution is -2.34. The summed E-state index contributed by atoms with van der Waals surface area (Å²) in [4.78, 5) is 14.5. The quantitative estimate of drug-likeness (QED) is 0.800. The fourth-order valence-electron chi connectivity index (χ4n) is 3.12. The molecule has 0 aromatic heterocycles. The summed E-state index contributed by atoms with van der Waals surface area (Å²) in [5.74, 6) is -0.117. The monoisotopic (exact) mass is 417 g/mol. The molecule has 0 saturated heterocycles. The van der Waals surface area contributed by atoms with E-state index in [1.807, 2.05) is 43.9 Å². The van der Waals surface area contributed by atoms with Crippen molar-refractivity contribution in [3.63, 3.8) is 0 Å². The lowest BCUT2D eigenvalue weighted by molar-refractivity contribution is -0.113. The first kappa shape index (κ1) is 20.4. The Hall–Kier alpha value is -2.32. The van der Waals surface area contributed by atoms with Crippen LogP contribution in [0.3, 0.4) is 0 Å². The Bertz CT molecular complexity index is 1030. The molecule has 0 unspecified atom stereocenters. The number of nitrogens with zero attached hydrogens (tertiary/aromatic N) is 2. The number of hydrogen-bond acceptors (Lipinski definition) is 5. The number of carbonyl (C=O) groups excluding carboxylic acids is 1. The van der Waals surface area contributed by atoms with Gasteiger partial charge in [-0.25, -0.2) is 0 Å². The van der Waals surface area contributed by atoms with Crippen LogP contribution in [0.4, 0.5) is 11.4 Å². The van der Waals surface area contributed by atoms with E-state index in [9.17, 15) is 13.2 Å². The number of hydrogen-bond donors (Lipinski definition) is 1. The molecule has 8 heteroatoms. The number of aryl methyl sites for hydroxylation is 2. The second kappa shape index (κ2) is 8.36. The summed E-state index contributed by atoms with van der Waals surface area (Å²) in [6, 6.07) is 12.7. The fraction of sp³-hybridized carbons (Fsp3) is 0.300. The molecule has 0 spiro atoms. The number of fused-ring (bicyclic) bond motifs is 1. The van der Waals surface area contributed by atoms with E-state index >= 15 is 0 Å². The number of nitrogens with one attached hydrogen (secondary N) is 1. The van der Waals surface area contributed by atoms with Gasteiger partial charge in [0.05, 0.1) is 11.4 Å². The Morgan fingerprint density at radius 1 is 1.14 bits per heavy atom. The van der Waals surface area contributed by atoms with Crippen LogP contribution in [0.1, 0.15) is 25.0 Å². The van der Waals surface area contributed by atoms with Crippen LogP contribution in [0.5, 0.6) is 0 Å². The van der Waals surface area contributed by atoms with E-state index in [4.69, 9.17) is 0 Å². The summed E-state index contributed by atoms with van der Waals surface area (Å²) < 4.78 is 28.9. The van der Waals surface area contributed by atoms with E-state index in [-0.39, 0.29) is 16.6 Å². The minimum Gasteiger partial charge on any atom is -0.325 e. The molecule has 2 aromatic rings. The van der Waals surface area contributed by atoms with Crippen LogP contribution in [0, 0.1) is 6.92 Å². The number of amides is 1. The fourth-order valence-corrected chi connectivity index (χ4v) is 5.44. The summed E-state index contributed by atoms with van der Waals surface area (Å²) in [5.41, 5.74) is 3.49. The average molecular weight is 418 g/mol. The molecule has 148 valence electrons. The molecule has 3 rings (SSSR count). The molecule has 0 atom stereocenters. The van der Waals surface area contributed by atoms with Gasteiger partial charge in [0.15, 0.2) is 5.17 Å². The van der Waals surface area contributed by atoms with Crippen LogP contribution < -0.4 is 10.2 Å². The molecule has 1 heterocycles. The van der Waals surface area contributed by atoms with Gasteiger partial charge in [-0.05, 0) is 43.5 Å². The zero-order valence-electron chi connectivity index (χ0n) is 16.1. The lowest BCUT2D eigenvalue weighted by atomic mass is 10.1. The van der Waals surface area contributed by atoms with Gasteiger partial charge in [0.25, 0.3) is 10.0 Å². The van der Waals surface area contributed by atoms with E-state index < -0.39 is 10.0 Å². The smallest absolute Gasteiger partial charge is 0.286 e. The number of anilines is 2. The van der Waals surface area contributed by atoms with Crippen molar-refractivity contribution in [3.8, 4) is 0 Å². The molecule has 1 aliphatic rings. The highest BCUT2D eigenvalue weighted by Gasteiger charge is 2.30. The number of thioether (sulfide) groups is 1. The van der Waals surface area contributed by atoms with Gasteiger partial charge < -0.3 is 10.2 Å². The van der Waals surface area contributed by atoms with Crippen molar-refractivity contribution in [2.45, 2.75) is 32.1 Å². The van der Waals surface area contributed by atoms with Crippen LogP contribution in [-0.4, -0.2) is 31.8 Å². The van der Waals surface area contributed by atoms with Gasteiger partial charge in [0, 0.05) is 12.2 Å². The van der Waals surface area contributed by atoms with Crippen LogP contribution >= 0.6 is 11.8 Å². The zero-order valence-corrected chi connectivity index (χ0v) is 17.7. The SMILES string of the molecule is CCc1cccc(C)c1NC(=O)CSC1=NS(=O)(=O)c2ccccc2N1CC. The van der Waals surface area contributed by atoms with Crippen molar-refractivity contribution < 1.29 is 13.2 Å². The summed E-state index contributed by atoms with van der Waals surface area (Å²) in [5, 5.41) is 3.28. The largest absolute Gasteiger partial charge is 0.325 e. The number of amidine groups is 1. The van der Waals surface area contributed by atoms with Gasteiger partial charge in [0.1, 0.15) is 4.90 Å². The molecule has 28 heavy (non-hydrogen) atoms. The van der Waals surface area contributed by atoms with Crippen LogP contribution in [-0.2, 0) is 21.2 Å². The Kier molecular flexibility index (Phi) is 6.10. The third kappa shape index (κ3) is 4.07. The molecule has 1 aliphatic heterocycles. The summed E-state index contributed by atoms with van der Waals surface area (Å²) in [6.45, 7) is 6.47. The minimum atomic E-state index is -3.76. The van der Waals surface area contributed by atoms with E-state index in [1.165, 1.54) is 0 Å². The third-order valence-corrected chi connectivity index (χ3v) is 6.92. The summed E-state index contributed by atoms with van der Waals surface area (Å²) in [6.07, 6.45) is 0.815. The maximum absolute atomic E-state index is 12.5. The van der Waals surface area contributed by atoms with Crippen LogP contribution in [0.25, 0.3) is 0 Å². The van der Waals surface area contributed by atoms with Crippen molar-refractivity contribution in [1.82, 2.24) is 0 Å². The zero-order chi connectivity index (χ0) is 20.3. The normalized spacial score (nSPS) is 15.0. The molecular formula is C20H23N3O3S2. The predicted molar refractivity (Wildman–Crippen MR) is 116 cm³/mol. The standard InChI is InChI=1S/C20H23N3O3S2/c1-4-15-10-8-9-14(3)19(15)21-18(24)13-27-20-22-28(25,26)17-12-7-6-11-16(17)23(20)5-2/h6-12H,4-5,13H2,1-3H3,(H,21,24). The minimum absolute atomic E-state index is 0.0739. The molecule has 0 fully saturated rings. The van der Waals surface area contributed by atoms with Gasteiger partial charge in [-0.15, -0.1) is 4.40 Å². The number of sulfonamides is 1. The second-order valence-electron chi connectivity index (χ2n) is 6.36. The van der Waals surface area contributed by atoms with Crippen molar-refractivity contribution in [3.05, 3.63) is 53.6 Å². The van der Waals surface area contributed by atoms with Crippen molar-refractivity contribution in [1.29, 1.82) is 0 Å². The lowest BCUT2D eigenvalue weighted by Gasteiger charge is -2.29. The Morgan fingerprint density at radius 3 is 2.61 bits per heavy atom. The Morgan fingerprint density at radius 2 is 1.89 bits per heavy atom. The van der Waals surface area contributed by atoms with Gasteiger partial charge in [-0.2, -0.15) is 8.42 Å². The van der Waals surface area contributed by atoms with E-state index in [1.54, 1.807) is 24.3 Å². The van der Waals surface area contributed by atoms with Crippen molar-refractivity contribution in [2.75, 3.05) is 22.5 Å². The Labute approximate surface area is 170 Å². The van der Waals surface area contributed by atoms with Crippen LogP contribution in [0.15, 0.2) is 51.8 Å². The number of carbonyl (C=O) groups is 1. The average Bonchev–Trinajstić information content (AvgIpc) is 2.68. The van der Waals surface area contributed by atoms with Gasteiger partial charge in [0.2, 0.25) is 5.91 Å². The molecule has 1 N–H and O–H groups in total. The summed E-state index contributed by atoms with van der Waals surface area (Å²) >= 11 is 1.13. The van der Waals surface area contributed by atoms with Gasteiger partial charge in [-0.3, -0.25) is 4.79 Å². The highest BCUT2D eigenvalue weighted by Crippen LogP contribution is 2.33. The van der Waals surface area contributed by atoms with E-state index in [0.717, 1.165) is 35.0 Å². The molecule has 6 nitrogen and oxygen atoms in total. The van der Waals surface area contributed by atoms with Crippen molar-refractivity contribution in [2.24, 2.45) is 4.40 Å². The highest BCUT2D eigenvalue weighted by molar-refractivity contribution is 8.15. The topological polar surface area (TPSA) is 78.8 Å². The molecule has 0 bridgehead atoms. The Balaban J connectivity index is 1.77. The van der Waals surface area contributed by atoms with Crippen molar-refractivity contribution >= 4 is 44.2 Å². The maximum atomic E-state index is 12.5. The molecule has 0 saturated carbocycles. The summed E-state index contributed by atoms with van der Waals surface area (Å²) in [7, 11) is -3.76.